The van der Waals surface area contributed by atoms with Crippen LogP contribution in [0, 0.1) is 0 Å². The van der Waals surface area contributed by atoms with Crippen LogP contribution in [0.25, 0.3) is 0 Å². The normalized spacial score (nSPS) is 17.4. The van der Waals surface area contributed by atoms with E-state index in [1.54, 1.807) is 0 Å². The molecule has 0 aliphatic heterocycles. The van der Waals surface area contributed by atoms with Gasteiger partial charge in [0.1, 0.15) is 6.10 Å². The first-order valence-corrected chi connectivity index (χ1v) is 2.28. The fraction of sp³-hybridized carbons (Fsp3) is 0.750. The Kier molecular flexibility index (Phi) is 2.44. The van der Waals surface area contributed by atoms with Gasteiger partial charge in [0, 0.05) is 6.04 Å². The summed E-state index contributed by atoms with van der Waals surface area (Å²) in [5.74, 6) is -0.778. The van der Waals surface area contributed by atoms with Crippen molar-refractivity contribution in [1.82, 2.24) is 0 Å². The van der Waals surface area contributed by atoms with Crippen LogP contribution in [-0.4, -0.2) is 23.2 Å². The molecule has 0 fully saturated rings. The largest absolute Gasteiger partial charge is 0.382 e. The van der Waals surface area contributed by atoms with Gasteiger partial charge >= 0.3 is 0 Å². The Balaban J connectivity index is 3.64. The molecule has 5 N–H and O–H groups in total. The number of amides is 1. The highest BCUT2D eigenvalue weighted by Crippen LogP contribution is 1.84. The van der Waals surface area contributed by atoms with Crippen molar-refractivity contribution in [1.29, 1.82) is 0 Å². The first-order valence-electron chi connectivity index (χ1n) is 2.28. The van der Waals surface area contributed by atoms with E-state index in [4.69, 9.17) is 10.8 Å². The molecular weight excluding hydrogens is 108 g/mol. The molecule has 1 amide bonds. The van der Waals surface area contributed by atoms with E-state index in [0.717, 1.165) is 0 Å². The maximum Gasteiger partial charge on any atom is 0.247 e. The Morgan fingerprint density at radius 2 is 2.12 bits per heavy atom. The SMILES string of the molecule is C[C@H](N)C(O)C(N)=O. The number of aliphatic hydroxyl groups excluding tert-OH is 1. The molecule has 2 atom stereocenters. The molecule has 4 heteroatoms. The van der Waals surface area contributed by atoms with Crippen LogP contribution >= 0.6 is 0 Å². The number of hydrogen-bond donors (Lipinski definition) is 3. The van der Waals surface area contributed by atoms with Crippen LogP contribution in [0.5, 0.6) is 0 Å². The molecule has 1 unspecified atom stereocenters. The summed E-state index contributed by atoms with van der Waals surface area (Å²) in [5, 5.41) is 8.60. The third kappa shape index (κ3) is 1.90. The summed E-state index contributed by atoms with van der Waals surface area (Å²) in [6.45, 7) is 1.51. The van der Waals surface area contributed by atoms with Crippen molar-refractivity contribution >= 4 is 5.91 Å². The van der Waals surface area contributed by atoms with Crippen LogP contribution in [-0.2, 0) is 4.79 Å². The maximum absolute atomic E-state index is 10.0. The molecule has 0 heterocycles. The molecule has 0 bridgehead atoms. The lowest BCUT2D eigenvalue weighted by molar-refractivity contribution is -0.126. The Morgan fingerprint density at radius 1 is 1.75 bits per heavy atom. The molecule has 0 rings (SSSR count). The lowest BCUT2D eigenvalue weighted by Gasteiger charge is -2.08. The Labute approximate surface area is 47.5 Å². The van der Waals surface area contributed by atoms with Crippen molar-refractivity contribution in [2.24, 2.45) is 11.5 Å². The van der Waals surface area contributed by atoms with E-state index in [0.29, 0.717) is 0 Å². The quantitative estimate of drug-likeness (QED) is 0.399. The number of aliphatic hydroxyl groups is 1. The van der Waals surface area contributed by atoms with E-state index in [-0.39, 0.29) is 0 Å². The monoisotopic (exact) mass is 118 g/mol. The number of carbonyl (C=O) groups is 1. The van der Waals surface area contributed by atoms with Gasteiger partial charge in [0.15, 0.2) is 0 Å². The van der Waals surface area contributed by atoms with Crippen molar-refractivity contribution in [3.63, 3.8) is 0 Å². The standard InChI is InChI=1S/C4H10N2O2/c1-2(5)3(7)4(6)8/h2-3,7H,5H2,1H3,(H2,6,8)/t2-,3?/m0/s1. The van der Waals surface area contributed by atoms with Crippen LogP contribution in [0.3, 0.4) is 0 Å². The minimum Gasteiger partial charge on any atom is -0.382 e. The molecule has 0 aromatic carbocycles. The smallest absolute Gasteiger partial charge is 0.247 e. The Hall–Kier alpha value is -0.610. The summed E-state index contributed by atoms with van der Waals surface area (Å²) in [5.41, 5.74) is 9.75. The van der Waals surface area contributed by atoms with Crippen LogP contribution in [0.4, 0.5) is 0 Å². The predicted octanol–water partition coefficient (Wildman–Crippen LogP) is -1.82. The van der Waals surface area contributed by atoms with Gasteiger partial charge < -0.3 is 16.6 Å². The molecule has 0 saturated heterocycles. The summed E-state index contributed by atoms with van der Waals surface area (Å²) in [4.78, 5) is 10.0. The lowest BCUT2D eigenvalue weighted by atomic mass is 10.2. The summed E-state index contributed by atoms with van der Waals surface area (Å²) in [6.07, 6.45) is -1.21. The molecule has 0 aliphatic rings. The summed E-state index contributed by atoms with van der Waals surface area (Å²) in [6, 6.07) is -0.576. The molecule has 0 aromatic heterocycles. The molecule has 0 saturated carbocycles. The summed E-state index contributed by atoms with van der Waals surface area (Å²) >= 11 is 0. The average molecular weight is 118 g/mol. The fourth-order valence-electron chi connectivity index (χ4n) is 0.259. The third-order valence-electron chi connectivity index (χ3n) is 0.790. The average Bonchev–Trinajstić information content (AvgIpc) is 1.64. The summed E-state index contributed by atoms with van der Waals surface area (Å²) in [7, 11) is 0. The predicted molar refractivity (Wildman–Crippen MR) is 28.9 cm³/mol. The van der Waals surface area contributed by atoms with Crippen molar-refractivity contribution in [2.45, 2.75) is 19.1 Å². The van der Waals surface area contributed by atoms with Crippen LogP contribution in [0.15, 0.2) is 0 Å². The highest BCUT2D eigenvalue weighted by Gasteiger charge is 2.14. The number of hydrogen-bond acceptors (Lipinski definition) is 3. The molecule has 4 nitrogen and oxygen atoms in total. The van der Waals surface area contributed by atoms with Crippen molar-refractivity contribution in [3.05, 3.63) is 0 Å². The molecule has 0 aliphatic carbocycles. The van der Waals surface area contributed by atoms with E-state index >= 15 is 0 Å². The van der Waals surface area contributed by atoms with Gasteiger partial charge in [-0.1, -0.05) is 0 Å². The van der Waals surface area contributed by atoms with E-state index in [9.17, 15) is 4.79 Å². The molecule has 0 radical (unpaired) electrons. The van der Waals surface area contributed by atoms with E-state index < -0.39 is 18.1 Å². The molecule has 8 heavy (non-hydrogen) atoms. The van der Waals surface area contributed by atoms with E-state index in [2.05, 4.69) is 5.73 Å². The second-order valence-electron chi connectivity index (χ2n) is 1.71. The highest BCUT2D eigenvalue weighted by atomic mass is 16.3. The zero-order chi connectivity index (χ0) is 6.73. The fourth-order valence-corrected chi connectivity index (χ4v) is 0.259. The Bertz CT molecular complexity index is 92.0. The van der Waals surface area contributed by atoms with Gasteiger partial charge in [-0.05, 0) is 6.92 Å². The van der Waals surface area contributed by atoms with Crippen LogP contribution in [0.2, 0.25) is 0 Å². The van der Waals surface area contributed by atoms with Gasteiger partial charge in [-0.25, -0.2) is 0 Å². The number of nitrogens with two attached hydrogens (primary N) is 2. The zero-order valence-electron chi connectivity index (χ0n) is 4.66. The minimum absolute atomic E-state index is 0.576. The van der Waals surface area contributed by atoms with Crippen LogP contribution in [0.1, 0.15) is 6.92 Å². The first-order chi connectivity index (χ1) is 3.55. The van der Waals surface area contributed by atoms with E-state index in [1.165, 1.54) is 6.92 Å². The topological polar surface area (TPSA) is 89.3 Å². The number of rotatable bonds is 2. The van der Waals surface area contributed by atoms with Gasteiger partial charge in [0.2, 0.25) is 5.91 Å². The van der Waals surface area contributed by atoms with Gasteiger partial charge in [0.25, 0.3) is 0 Å². The van der Waals surface area contributed by atoms with Crippen LogP contribution < -0.4 is 11.5 Å². The van der Waals surface area contributed by atoms with Crippen molar-refractivity contribution < 1.29 is 9.90 Å². The number of primary amides is 1. The van der Waals surface area contributed by atoms with Gasteiger partial charge in [-0.15, -0.1) is 0 Å². The molecule has 0 aromatic rings. The number of carbonyl (C=O) groups excluding carboxylic acids is 1. The maximum atomic E-state index is 10.0. The lowest BCUT2D eigenvalue weighted by Crippen LogP contribution is -2.41. The second kappa shape index (κ2) is 2.64. The van der Waals surface area contributed by atoms with Gasteiger partial charge in [0.05, 0.1) is 0 Å². The van der Waals surface area contributed by atoms with Gasteiger partial charge in [-0.3, -0.25) is 4.79 Å². The molecule has 48 valence electrons. The summed E-state index contributed by atoms with van der Waals surface area (Å²) < 4.78 is 0. The Morgan fingerprint density at radius 3 is 2.12 bits per heavy atom. The second-order valence-corrected chi connectivity index (χ2v) is 1.71. The van der Waals surface area contributed by atoms with Crippen molar-refractivity contribution in [2.75, 3.05) is 0 Å². The van der Waals surface area contributed by atoms with Gasteiger partial charge in [-0.2, -0.15) is 0 Å². The molecular formula is C4H10N2O2. The minimum atomic E-state index is -1.21. The highest BCUT2D eigenvalue weighted by molar-refractivity contribution is 5.79. The van der Waals surface area contributed by atoms with E-state index in [1.807, 2.05) is 0 Å². The molecule has 0 spiro atoms. The third-order valence-corrected chi connectivity index (χ3v) is 0.790. The van der Waals surface area contributed by atoms with Crippen molar-refractivity contribution in [3.8, 4) is 0 Å². The zero-order valence-corrected chi connectivity index (χ0v) is 4.66. The first kappa shape index (κ1) is 7.39.